The fourth-order valence-electron chi connectivity index (χ4n) is 2.91. The summed E-state index contributed by atoms with van der Waals surface area (Å²) in [7, 11) is 0. The smallest absolute Gasteiger partial charge is 0.140 e. The summed E-state index contributed by atoms with van der Waals surface area (Å²) >= 11 is 6.18. The Morgan fingerprint density at radius 1 is 1.17 bits per heavy atom. The Kier molecular flexibility index (Phi) is 6.35. The summed E-state index contributed by atoms with van der Waals surface area (Å²) in [4.78, 5) is 12.5. The normalized spacial score (nSPS) is 13.4. The Morgan fingerprint density at radius 3 is 2.46 bits per heavy atom. The monoisotopic (exact) mass is 337 g/mol. The van der Waals surface area contributed by atoms with Gasteiger partial charge in [0.1, 0.15) is 5.78 Å². The maximum Gasteiger partial charge on any atom is 0.140 e. The van der Waals surface area contributed by atoms with E-state index in [0.717, 1.165) is 11.1 Å². The van der Waals surface area contributed by atoms with Gasteiger partial charge in [0, 0.05) is 11.4 Å². The molecule has 0 saturated heterocycles. The zero-order valence-electron chi connectivity index (χ0n) is 13.7. The lowest BCUT2D eigenvalue weighted by Crippen LogP contribution is -2.33. The van der Waals surface area contributed by atoms with Crippen LogP contribution in [0.4, 0.5) is 0 Å². The first kappa shape index (κ1) is 18.0. The molecule has 2 aromatic carbocycles. The van der Waals surface area contributed by atoms with Crippen molar-refractivity contribution in [3.63, 3.8) is 0 Å². The molecule has 3 heteroatoms. The highest BCUT2D eigenvalue weighted by atomic mass is 35.5. The number of allylic oxidation sites excluding steroid dienone is 1. The number of nitrogens with zero attached hydrogens (tertiary/aromatic N) is 1. The third-order valence-electron chi connectivity index (χ3n) is 4.33. The highest BCUT2D eigenvalue weighted by molar-refractivity contribution is 6.32. The van der Waals surface area contributed by atoms with Crippen molar-refractivity contribution < 1.29 is 4.79 Å². The van der Waals surface area contributed by atoms with Crippen LogP contribution >= 0.6 is 11.6 Å². The molecule has 0 spiro atoms. The van der Waals surface area contributed by atoms with Crippen LogP contribution in [-0.4, -0.2) is 5.78 Å². The topological polar surface area (TPSA) is 40.9 Å². The number of Topliss-reactive ketones (excluding diaryl/α,β-unsaturated/α-hetero) is 1. The first-order valence-corrected chi connectivity index (χ1v) is 8.32. The lowest BCUT2D eigenvalue weighted by molar-refractivity contribution is -0.122. The highest BCUT2D eigenvalue weighted by Crippen LogP contribution is 2.35. The van der Waals surface area contributed by atoms with E-state index in [2.05, 4.69) is 6.07 Å². The van der Waals surface area contributed by atoms with Crippen molar-refractivity contribution in [2.24, 2.45) is 0 Å². The molecule has 2 nitrogen and oxygen atoms in total. The van der Waals surface area contributed by atoms with Crippen LogP contribution in [0, 0.1) is 11.3 Å². The number of hydrogen-bond acceptors (Lipinski definition) is 2. The summed E-state index contributed by atoms with van der Waals surface area (Å²) in [6.07, 6.45) is 5.31. The predicted octanol–water partition coefficient (Wildman–Crippen LogP) is 5.57. The van der Waals surface area contributed by atoms with Gasteiger partial charge in [-0.1, -0.05) is 72.3 Å². The second kappa shape index (κ2) is 8.47. The molecule has 2 rings (SSSR count). The predicted molar refractivity (Wildman–Crippen MR) is 98.8 cm³/mol. The van der Waals surface area contributed by atoms with E-state index in [-0.39, 0.29) is 5.78 Å². The molecule has 0 fully saturated rings. The van der Waals surface area contributed by atoms with E-state index in [1.165, 1.54) is 0 Å². The molecule has 0 aliphatic carbocycles. The van der Waals surface area contributed by atoms with Crippen LogP contribution in [0.1, 0.15) is 37.3 Å². The number of ketones is 1. The average molecular weight is 338 g/mol. The Hall–Kier alpha value is -2.37. The third-order valence-corrected chi connectivity index (χ3v) is 4.68. The Labute approximate surface area is 148 Å². The molecule has 0 aliphatic rings. The molecule has 24 heavy (non-hydrogen) atoms. The van der Waals surface area contributed by atoms with Crippen LogP contribution < -0.4 is 0 Å². The average Bonchev–Trinajstić information content (AvgIpc) is 2.60. The van der Waals surface area contributed by atoms with Gasteiger partial charge >= 0.3 is 0 Å². The Morgan fingerprint density at radius 2 is 1.83 bits per heavy atom. The van der Waals surface area contributed by atoms with Gasteiger partial charge < -0.3 is 0 Å². The van der Waals surface area contributed by atoms with Gasteiger partial charge in [-0.05, 0) is 37.0 Å². The molecule has 0 bridgehead atoms. The number of halogens is 1. The van der Waals surface area contributed by atoms with Gasteiger partial charge in [0.2, 0.25) is 0 Å². The lowest BCUT2D eigenvalue weighted by atomic mass is 9.71. The van der Waals surface area contributed by atoms with Crippen molar-refractivity contribution in [1.82, 2.24) is 0 Å². The Balaban J connectivity index is 2.34. The highest BCUT2D eigenvalue weighted by Gasteiger charge is 2.35. The van der Waals surface area contributed by atoms with Crippen LogP contribution in [0.3, 0.4) is 0 Å². The zero-order chi connectivity index (χ0) is 17.4. The molecule has 0 radical (unpaired) electrons. The van der Waals surface area contributed by atoms with Gasteiger partial charge in [0.15, 0.2) is 0 Å². The standard InChI is InChI=1S/C21H20ClNO/c1-17(24)21(15-8-16-23,19-11-3-2-4-12-19)14-7-10-18-9-5-6-13-20(18)22/h2-7,9-13H,8,14-15H2,1H3. The maximum absolute atomic E-state index is 12.5. The summed E-state index contributed by atoms with van der Waals surface area (Å²) in [6.45, 7) is 1.60. The molecule has 0 aromatic heterocycles. The number of rotatable bonds is 7. The first-order valence-electron chi connectivity index (χ1n) is 7.95. The van der Waals surface area contributed by atoms with Gasteiger partial charge in [-0.15, -0.1) is 0 Å². The quantitative estimate of drug-likeness (QED) is 0.662. The molecule has 122 valence electrons. The van der Waals surface area contributed by atoms with E-state index < -0.39 is 5.41 Å². The van der Waals surface area contributed by atoms with Crippen LogP contribution in [0.5, 0.6) is 0 Å². The summed E-state index contributed by atoms with van der Waals surface area (Å²) in [5.74, 6) is 0.0766. The van der Waals surface area contributed by atoms with Crippen LogP contribution in [0.25, 0.3) is 6.08 Å². The van der Waals surface area contributed by atoms with E-state index in [0.29, 0.717) is 24.3 Å². The molecule has 1 unspecified atom stereocenters. The summed E-state index contributed by atoms with van der Waals surface area (Å²) in [6, 6.07) is 19.5. The maximum atomic E-state index is 12.5. The van der Waals surface area contributed by atoms with Gasteiger partial charge in [0.05, 0.1) is 11.5 Å². The molecule has 0 aliphatic heterocycles. The van der Waals surface area contributed by atoms with Crippen molar-refractivity contribution in [3.8, 4) is 6.07 Å². The minimum atomic E-state index is -0.672. The second-order valence-corrected chi connectivity index (χ2v) is 6.20. The molecule has 0 N–H and O–H groups in total. The van der Waals surface area contributed by atoms with E-state index in [9.17, 15) is 4.79 Å². The molecular formula is C21H20ClNO. The van der Waals surface area contributed by atoms with Gasteiger partial charge in [-0.3, -0.25) is 4.79 Å². The molecular weight excluding hydrogens is 318 g/mol. The fraction of sp³-hybridized carbons (Fsp3) is 0.238. The first-order chi connectivity index (χ1) is 11.6. The number of benzene rings is 2. The third kappa shape index (κ3) is 4.13. The van der Waals surface area contributed by atoms with E-state index in [4.69, 9.17) is 16.9 Å². The summed E-state index contributed by atoms with van der Waals surface area (Å²) in [5.41, 5.74) is 1.20. The summed E-state index contributed by atoms with van der Waals surface area (Å²) < 4.78 is 0. The number of carbonyl (C=O) groups is 1. The van der Waals surface area contributed by atoms with Crippen LogP contribution in [0.2, 0.25) is 5.02 Å². The van der Waals surface area contributed by atoms with E-state index in [1.807, 2.05) is 66.7 Å². The van der Waals surface area contributed by atoms with Crippen molar-refractivity contribution in [1.29, 1.82) is 5.26 Å². The number of nitriles is 1. The zero-order valence-corrected chi connectivity index (χ0v) is 14.5. The molecule has 0 saturated carbocycles. The van der Waals surface area contributed by atoms with Gasteiger partial charge in [-0.25, -0.2) is 0 Å². The Bertz CT molecular complexity index is 761. The van der Waals surface area contributed by atoms with Gasteiger partial charge in [0.25, 0.3) is 0 Å². The van der Waals surface area contributed by atoms with Crippen LogP contribution in [0.15, 0.2) is 60.7 Å². The second-order valence-electron chi connectivity index (χ2n) is 5.79. The van der Waals surface area contributed by atoms with Crippen LogP contribution in [-0.2, 0) is 10.2 Å². The molecule has 0 heterocycles. The fourth-order valence-corrected chi connectivity index (χ4v) is 3.11. The SMILES string of the molecule is CC(=O)C(CC=Cc1ccccc1Cl)(CCC#N)c1ccccc1. The molecule has 0 amide bonds. The van der Waals surface area contributed by atoms with Crippen molar-refractivity contribution >= 4 is 23.5 Å². The van der Waals surface area contributed by atoms with E-state index >= 15 is 0 Å². The molecule has 2 aromatic rings. The van der Waals surface area contributed by atoms with Crippen molar-refractivity contribution in [2.45, 2.75) is 31.6 Å². The minimum absolute atomic E-state index is 0.0766. The largest absolute Gasteiger partial charge is 0.299 e. The summed E-state index contributed by atoms with van der Waals surface area (Å²) in [5, 5.41) is 9.68. The van der Waals surface area contributed by atoms with Gasteiger partial charge in [-0.2, -0.15) is 5.26 Å². The van der Waals surface area contributed by atoms with E-state index in [1.54, 1.807) is 6.92 Å². The molecule has 1 atom stereocenters. The number of carbonyl (C=O) groups excluding carboxylic acids is 1. The minimum Gasteiger partial charge on any atom is -0.299 e. The number of hydrogen-bond donors (Lipinski definition) is 0. The lowest BCUT2D eigenvalue weighted by Gasteiger charge is -2.30. The van der Waals surface area contributed by atoms with Crippen molar-refractivity contribution in [2.75, 3.05) is 0 Å². The van der Waals surface area contributed by atoms with Crippen molar-refractivity contribution in [3.05, 3.63) is 76.8 Å².